The molecule has 2 heteroatoms. The Morgan fingerprint density at radius 2 is 2.25 bits per heavy atom. The van der Waals surface area contributed by atoms with Crippen molar-refractivity contribution in [3.8, 4) is 0 Å². The molecule has 0 amide bonds. The van der Waals surface area contributed by atoms with Crippen molar-refractivity contribution in [1.82, 2.24) is 0 Å². The lowest BCUT2D eigenvalue weighted by atomic mass is 9.89. The molecule has 2 nitrogen and oxygen atoms in total. The Labute approximate surface area is 73.9 Å². The highest BCUT2D eigenvalue weighted by Gasteiger charge is 2.39. The Morgan fingerprint density at radius 3 is 2.67 bits per heavy atom. The lowest BCUT2D eigenvalue weighted by molar-refractivity contribution is 0.0225. The van der Waals surface area contributed by atoms with E-state index in [-0.39, 0.29) is 6.61 Å². The lowest BCUT2D eigenvalue weighted by Crippen LogP contribution is -2.28. The van der Waals surface area contributed by atoms with Crippen LogP contribution in [-0.4, -0.2) is 22.4 Å². The second-order valence-corrected chi connectivity index (χ2v) is 3.96. The first-order valence-electron chi connectivity index (χ1n) is 4.58. The number of allylic oxidation sites excluding steroid dienone is 1. The van der Waals surface area contributed by atoms with Crippen LogP contribution in [0.1, 0.15) is 26.7 Å². The van der Waals surface area contributed by atoms with Crippen LogP contribution in [0.15, 0.2) is 12.2 Å². The standard InChI is InChI=1S/C10H18O2/c1-8-9(4-3-7-11)5-6-10(8,2)12/h3-4,8-9,11-12H,5-7H2,1-2H3/b4-3+. The first-order chi connectivity index (χ1) is 5.58. The summed E-state index contributed by atoms with van der Waals surface area (Å²) < 4.78 is 0. The van der Waals surface area contributed by atoms with Crippen molar-refractivity contribution in [1.29, 1.82) is 0 Å². The van der Waals surface area contributed by atoms with E-state index in [1.54, 1.807) is 6.08 Å². The van der Waals surface area contributed by atoms with E-state index in [0.717, 1.165) is 12.8 Å². The number of aliphatic hydroxyl groups is 2. The molecular formula is C10H18O2. The third-order valence-corrected chi connectivity index (χ3v) is 3.10. The van der Waals surface area contributed by atoms with Gasteiger partial charge in [-0.3, -0.25) is 0 Å². The fourth-order valence-electron chi connectivity index (χ4n) is 1.90. The van der Waals surface area contributed by atoms with Gasteiger partial charge in [-0.25, -0.2) is 0 Å². The van der Waals surface area contributed by atoms with E-state index in [0.29, 0.717) is 11.8 Å². The van der Waals surface area contributed by atoms with Crippen LogP contribution < -0.4 is 0 Å². The van der Waals surface area contributed by atoms with E-state index in [9.17, 15) is 5.11 Å². The molecule has 0 spiro atoms. The summed E-state index contributed by atoms with van der Waals surface area (Å²) >= 11 is 0. The van der Waals surface area contributed by atoms with E-state index in [4.69, 9.17) is 5.11 Å². The number of hydrogen-bond donors (Lipinski definition) is 2. The zero-order valence-electron chi connectivity index (χ0n) is 7.83. The number of aliphatic hydroxyl groups excluding tert-OH is 1. The molecule has 70 valence electrons. The Morgan fingerprint density at radius 1 is 1.58 bits per heavy atom. The van der Waals surface area contributed by atoms with Crippen molar-refractivity contribution >= 4 is 0 Å². The van der Waals surface area contributed by atoms with Crippen LogP contribution in [0.4, 0.5) is 0 Å². The van der Waals surface area contributed by atoms with Crippen LogP contribution in [0.3, 0.4) is 0 Å². The fourth-order valence-corrected chi connectivity index (χ4v) is 1.90. The zero-order valence-corrected chi connectivity index (χ0v) is 7.83. The summed E-state index contributed by atoms with van der Waals surface area (Å²) in [5, 5.41) is 18.4. The van der Waals surface area contributed by atoms with E-state index >= 15 is 0 Å². The fraction of sp³-hybridized carbons (Fsp3) is 0.800. The predicted octanol–water partition coefficient (Wildman–Crippen LogP) is 1.33. The van der Waals surface area contributed by atoms with Gasteiger partial charge in [0, 0.05) is 0 Å². The molecule has 1 saturated carbocycles. The molecular weight excluding hydrogens is 152 g/mol. The molecule has 12 heavy (non-hydrogen) atoms. The van der Waals surface area contributed by atoms with Crippen molar-refractivity contribution < 1.29 is 10.2 Å². The number of rotatable bonds is 2. The SMILES string of the molecule is CC1C(/C=C/CO)CCC1(C)O. The first-order valence-corrected chi connectivity index (χ1v) is 4.58. The highest BCUT2D eigenvalue weighted by Crippen LogP contribution is 2.40. The highest BCUT2D eigenvalue weighted by atomic mass is 16.3. The Kier molecular flexibility index (Phi) is 2.91. The van der Waals surface area contributed by atoms with Crippen LogP contribution in [0.25, 0.3) is 0 Å². The largest absolute Gasteiger partial charge is 0.392 e. The van der Waals surface area contributed by atoms with Crippen LogP contribution >= 0.6 is 0 Å². The summed E-state index contributed by atoms with van der Waals surface area (Å²) in [6.45, 7) is 4.06. The quantitative estimate of drug-likeness (QED) is 0.614. The van der Waals surface area contributed by atoms with Crippen molar-refractivity contribution in [3.63, 3.8) is 0 Å². The van der Waals surface area contributed by atoms with Gasteiger partial charge in [-0.1, -0.05) is 19.1 Å². The minimum absolute atomic E-state index is 0.103. The molecule has 0 saturated heterocycles. The molecule has 0 radical (unpaired) electrons. The molecule has 1 aliphatic rings. The van der Waals surface area contributed by atoms with Crippen molar-refractivity contribution in [2.24, 2.45) is 11.8 Å². The average Bonchev–Trinajstić information content (AvgIpc) is 2.26. The van der Waals surface area contributed by atoms with E-state index in [1.165, 1.54) is 0 Å². The van der Waals surface area contributed by atoms with Gasteiger partial charge in [-0.2, -0.15) is 0 Å². The van der Waals surface area contributed by atoms with Crippen LogP contribution in [0.2, 0.25) is 0 Å². The molecule has 0 heterocycles. The molecule has 0 aliphatic heterocycles. The van der Waals surface area contributed by atoms with Gasteiger partial charge < -0.3 is 10.2 Å². The van der Waals surface area contributed by atoms with Gasteiger partial charge in [0.25, 0.3) is 0 Å². The van der Waals surface area contributed by atoms with Gasteiger partial charge in [0.2, 0.25) is 0 Å². The maximum Gasteiger partial charge on any atom is 0.0651 e. The Balaban J connectivity index is 2.55. The highest BCUT2D eigenvalue weighted by molar-refractivity contribution is 5.01. The third-order valence-electron chi connectivity index (χ3n) is 3.10. The van der Waals surface area contributed by atoms with Crippen LogP contribution in [0.5, 0.6) is 0 Å². The van der Waals surface area contributed by atoms with Gasteiger partial charge in [-0.15, -0.1) is 0 Å². The second kappa shape index (κ2) is 3.58. The van der Waals surface area contributed by atoms with Crippen LogP contribution in [-0.2, 0) is 0 Å². The minimum atomic E-state index is -0.509. The maximum atomic E-state index is 9.84. The van der Waals surface area contributed by atoms with Crippen LogP contribution in [0, 0.1) is 11.8 Å². The monoisotopic (exact) mass is 170 g/mol. The zero-order chi connectivity index (χ0) is 9.19. The number of hydrogen-bond acceptors (Lipinski definition) is 2. The van der Waals surface area contributed by atoms with Crippen molar-refractivity contribution in [2.45, 2.75) is 32.3 Å². The maximum absolute atomic E-state index is 9.84. The van der Waals surface area contributed by atoms with Gasteiger partial charge in [-0.05, 0) is 31.6 Å². The predicted molar refractivity (Wildman–Crippen MR) is 48.7 cm³/mol. The lowest BCUT2D eigenvalue weighted by Gasteiger charge is -2.24. The molecule has 1 rings (SSSR count). The molecule has 2 N–H and O–H groups in total. The van der Waals surface area contributed by atoms with Gasteiger partial charge >= 0.3 is 0 Å². The summed E-state index contributed by atoms with van der Waals surface area (Å²) in [6, 6.07) is 0. The van der Waals surface area contributed by atoms with Gasteiger partial charge in [0.1, 0.15) is 0 Å². The molecule has 0 aromatic rings. The van der Waals surface area contributed by atoms with Gasteiger partial charge in [0.05, 0.1) is 12.2 Å². The third kappa shape index (κ3) is 1.87. The molecule has 3 atom stereocenters. The summed E-state index contributed by atoms with van der Waals surface area (Å²) in [5.74, 6) is 0.743. The average molecular weight is 170 g/mol. The normalized spacial score (nSPS) is 42.7. The van der Waals surface area contributed by atoms with Crippen molar-refractivity contribution in [3.05, 3.63) is 12.2 Å². The minimum Gasteiger partial charge on any atom is -0.392 e. The molecule has 0 bridgehead atoms. The smallest absolute Gasteiger partial charge is 0.0651 e. The summed E-state index contributed by atoms with van der Waals surface area (Å²) in [7, 11) is 0. The van der Waals surface area contributed by atoms with E-state index in [2.05, 4.69) is 6.92 Å². The second-order valence-electron chi connectivity index (χ2n) is 3.96. The molecule has 1 aliphatic carbocycles. The van der Waals surface area contributed by atoms with Gasteiger partial charge in [0.15, 0.2) is 0 Å². The molecule has 3 unspecified atom stereocenters. The van der Waals surface area contributed by atoms with Crippen molar-refractivity contribution in [2.75, 3.05) is 6.61 Å². The molecule has 0 aromatic heterocycles. The summed E-state index contributed by atoms with van der Waals surface area (Å²) in [4.78, 5) is 0. The van der Waals surface area contributed by atoms with E-state index in [1.807, 2.05) is 13.0 Å². The summed E-state index contributed by atoms with van der Waals surface area (Å²) in [6.07, 6.45) is 5.69. The summed E-state index contributed by atoms with van der Waals surface area (Å²) in [5.41, 5.74) is -0.509. The molecule has 0 aromatic carbocycles. The Hall–Kier alpha value is -0.340. The molecule has 1 fully saturated rings. The van der Waals surface area contributed by atoms with E-state index < -0.39 is 5.60 Å². The topological polar surface area (TPSA) is 40.5 Å². The Bertz CT molecular complexity index is 173. The first kappa shape index (κ1) is 9.75.